The minimum Gasteiger partial charge on any atom is -0.459 e. The Morgan fingerprint density at radius 2 is 1.59 bits per heavy atom. The van der Waals surface area contributed by atoms with Crippen molar-refractivity contribution >= 4 is 5.91 Å². The number of fused-ring (bicyclic) bond motifs is 1. The lowest BCUT2D eigenvalue weighted by Gasteiger charge is -2.38. The number of hydrogen-bond donors (Lipinski definition) is 1. The topological polar surface area (TPSA) is 114 Å². The molecule has 0 unspecified atom stereocenters. The van der Waals surface area contributed by atoms with Crippen molar-refractivity contribution in [2.75, 3.05) is 86.0 Å². The molecule has 1 aromatic rings. The van der Waals surface area contributed by atoms with Crippen molar-refractivity contribution < 1.29 is 47.8 Å². The molecule has 11 heteroatoms. The van der Waals surface area contributed by atoms with Crippen LogP contribution < -0.4 is 9.47 Å². The molecule has 1 aromatic carbocycles. The van der Waals surface area contributed by atoms with Gasteiger partial charge in [0.2, 0.25) is 13.1 Å². The first-order valence-electron chi connectivity index (χ1n) is 13.8. The van der Waals surface area contributed by atoms with Gasteiger partial charge in [0.25, 0.3) is 5.91 Å². The Hall–Kier alpha value is -2.41. The van der Waals surface area contributed by atoms with Gasteiger partial charge in [-0.15, -0.1) is 0 Å². The van der Waals surface area contributed by atoms with E-state index in [0.717, 1.165) is 5.56 Å². The van der Waals surface area contributed by atoms with Crippen LogP contribution in [-0.2, 0) is 33.2 Å². The number of carbonyl (C=O) groups is 1. The zero-order valence-electron chi connectivity index (χ0n) is 22.7. The number of rotatable bonds is 7. The molecule has 0 aliphatic carbocycles. The number of amides is 1. The van der Waals surface area contributed by atoms with E-state index in [1.54, 1.807) is 4.90 Å². The summed E-state index contributed by atoms with van der Waals surface area (Å²) in [6.45, 7) is 6.83. The van der Waals surface area contributed by atoms with Gasteiger partial charge in [0.15, 0.2) is 17.3 Å². The van der Waals surface area contributed by atoms with E-state index < -0.39 is 6.29 Å². The Morgan fingerprint density at radius 1 is 0.949 bits per heavy atom. The maximum atomic E-state index is 13.8. The molecule has 3 heterocycles. The molecule has 39 heavy (non-hydrogen) atoms. The van der Waals surface area contributed by atoms with Crippen LogP contribution in [0.3, 0.4) is 0 Å². The van der Waals surface area contributed by atoms with Gasteiger partial charge < -0.3 is 47.9 Å². The fourth-order valence-corrected chi connectivity index (χ4v) is 4.84. The van der Waals surface area contributed by atoms with Crippen LogP contribution in [0.1, 0.15) is 31.2 Å². The fourth-order valence-electron chi connectivity index (χ4n) is 4.84. The van der Waals surface area contributed by atoms with Gasteiger partial charge >= 0.3 is 0 Å². The van der Waals surface area contributed by atoms with Crippen LogP contribution in [0.4, 0.5) is 0 Å². The van der Waals surface area contributed by atoms with Crippen LogP contribution in [0.15, 0.2) is 30.0 Å². The average Bonchev–Trinajstić information content (AvgIpc) is 3.42. The van der Waals surface area contributed by atoms with Crippen molar-refractivity contribution in [3.63, 3.8) is 0 Å². The zero-order valence-corrected chi connectivity index (χ0v) is 22.7. The third-order valence-electron chi connectivity index (χ3n) is 6.82. The second-order valence-electron chi connectivity index (χ2n) is 9.38. The number of ether oxygens (including phenoxy) is 8. The average molecular weight is 552 g/mol. The standard InChI is InChI=1S/C28H41NO10/c1-2-36-28-22(4-3-9-30)23(21-5-6-24-25(18-21)38-20-37-24)19-26(39-28)27(31)29-7-10-32-12-14-34-16-17-35-15-13-33-11-8-29/h5-6,18-19,22-23,28,30H,2-4,7-17,20H2,1H3/t22-,23+,28+/m0/s1. The molecule has 0 radical (unpaired) electrons. The van der Waals surface area contributed by atoms with E-state index in [2.05, 4.69) is 0 Å². The van der Waals surface area contributed by atoms with Crippen molar-refractivity contribution in [2.24, 2.45) is 5.92 Å². The summed E-state index contributed by atoms with van der Waals surface area (Å²) in [7, 11) is 0. The lowest BCUT2D eigenvalue weighted by atomic mass is 9.80. The predicted octanol–water partition coefficient (Wildman–Crippen LogP) is 2.07. The third kappa shape index (κ3) is 8.54. The van der Waals surface area contributed by atoms with E-state index in [9.17, 15) is 9.90 Å². The van der Waals surface area contributed by atoms with Crippen LogP contribution in [0.25, 0.3) is 0 Å². The van der Waals surface area contributed by atoms with E-state index in [4.69, 9.17) is 37.9 Å². The highest BCUT2D eigenvalue weighted by atomic mass is 16.7. The lowest BCUT2D eigenvalue weighted by Crippen LogP contribution is -2.42. The second-order valence-corrected chi connectivity index (χ2v) is 9.38. The van der Waals surface area contributed by atoms with E-state index in [1.807, 2.05) is 31.2 Å². The minimum absolute atomic E-state index is 0.0581. The van der Waals surface area contributed by atoms with E-state index >= 15 is 0 Å². The Bertz CT molecular complexity index is 910. The van der Waals surface area contributed by atoms with Gasteiger partial charge in [-0.2, -0.15) is 0 Å². The number of allylic oxidation sites excluding steroid dienone is 1. The van der Waals surface area contributed by atoms with Crippen LogP contribution in [0, 0.1) is 5.92 Å². The van der Waals surface area contributed by atoms with E-state index in [0.29, 0.717) is 96.9 Å². The molecule has 1 saturated heterocycles. The number of benzene rings is 1. The maximum Gasteiger partial charge on any atom is 0.288 e. The fraction of sp³-hybridized carbons (Fsp3) is 0.679. The van der Waals surface area contributed by atoms with Gasteiger partial charge in [-0.3, -0.25) is 4.79 Å². The largest absolute Gasteiger partial charge is 0.459 e. The first-order valence-corrected chi connectivity index (χ1v) is 13.8. The number of hydrogen-bond acceptors (Lipinski definition) is 10. The molecule has 0 bridgehead atoms. The Balaban J connectivity index is 1.55. The van der Waals surface area contributed by atoms with E-state index in [1.165, 1.54) is 0 Å². The SMILES string of the molecule is CCO[C@@H]1OC(C(=O)N2CCOCCOCCOCCOCC2)=C[C@H](c2ccc3c(c2)OCO3)[C@@H]1CCCO. The molecule has 11 nitrogen and oxygen atoms in total. The third-order valence-corrected chi connectivity index (χ3v) is 6.82. The molecule has 1 N–H and O–H groups in total. The van der Waals surface area contributed by atoms with Gasteiger partial charge in [-0.1, -0.05) is 6.07 Å². The van der Waals surface area contributed by atoms with Crippen LogP contribution in [0.2, 0.25) is 0 Å². The summed E-state index contributed by atoms with van der Waals surface area (Å²) in [5.41, 5.74) is 0.962. The van der Waals surface area contributed by atoms with Crippen molar-refractivity contribution in [3.8, 4) is 11.5 Å². The highest BCUT2D eigenvalue weighted by Crippen LogP contribution is 2.43. The summed E-state index contributed by atoms with van der Waals surface area (Å²) in [4.78, 5) is 15.5. The first-order chi connectivity index (χ1) is 19.2. The number of carbonyl (C=O) groups excluding carboxylic acids is 1. The lowest BCUT2D eigenvalue weighted by molar-refractivity contribution is -0.170. The number of nitrogens with zero attached hydrogens (tertiary/aromatic N) is 1. The summed E-state index contributed by atoms with van der Waals surface area (Å²) in [5, 5.41) is 9.55. The van der Waals surface area contributed by atoms with Gasteiger partial charge in [0.1, 0.15) is 0 Å². The zero-order chi connectivity index (χ0) is 27.3. The van der Waals surface area contributed by atoms with Crippen molar-refractivity contribution in [3.05, 3.63) is 35.6 Å². The van der Waals surface area contributed by atoms with Crippen molar-refractivity contribution in [2.45, 2.75) is 32.0 Å². The van der Waals surface area contributed by atoms with Crippen LogP contribution >= 0.6 is 0 Å². The summed E-state index contributed by atoms with van der Waals surface area (Å²) in [5.74, 6) is 1.03. The minimum atomic E-state index is -0.647. The Labute approximate surface area is 229 Å². The van der Waals surface area contributed by atoms with Gasteiger partial charge in [-0.05, 0) is 43.5 Å². The number of aliphatic hydroxyl groups is 1. The molecule has 3 aliphatic heterocycles. The van der Waals surface area contributed by atoms with Crippen molar-refractivity contribution in [1.29, 1.82) is 0 Å². The predicted molar refractivity (Wildman–Crippen MR) is 140 cm³/mol. The van der Waals surface area contributed by atoms with Crippen molar-refractivity contribution in [1.82, 2.24) is 4.90 Å². The Morgan fingerprint density at radius 3 is 2.23 bits per heavy atom. The molecule has 218 valence electrons. The molecule has 0 saturated carbocycles. The molecule has 1 amide bonds. The second kappa shape index (κ2) is 16.0. The molecule has 0 aromatic heterocycles. The number of aliphatic hydroxyl groups excluding tert-OH is 1. The smallest absolute Gasteiger partial charge is 0.288 e. The molecule has 3 atom stereocenters. The molecule has 1 fully saturated rings. The molecular weight excluding hydrogens is 510 g/mol. The van der Waals surface area contributed by atoms with Gasteiger partial charge in [0, 0.05) is 38.1 Å². The Kier molecular flexibility index (Phi) is 12.1. The summed E-state index contributed by atoms with van der Waals surface area (Å²) < 4.78 is 45.7. The highest BCUT2D eigenvalue weighted by molar-refractivity contribution is 5.91. The highest BCUT2D eigenvalue weighted by Gasteiger charge is 2.39. The van der Waals surface area contributed by atoms with Gasteiger partial charge in [-0.25, -0.2) is 0 Å². The quantitative estimate of drug-likeness (QED) is 0.540. The van der Waals surface area contributed by atoms with Crippen LogP contribution in [-0.4, -0.2) is 108 Å². The monoisotopic (exact) mass is 551 g/mol. The summed E-state index contributed by atoms with van der Waals surface area (Å²) in [6, 6.07) is 5.81. The van der Waals surface area contributed by atoms with E-state index in [-0.39, 0.29) is 36.9 Å². The molecule has 0 spiro atoms. The van der Waals surface area contributed by atoms with Gasteiger partial charge in [0.05, 0.1) is 52.9 Å². The summed E-state index contributed by atoms with van der Waals surface area (Å²) >= 11 is 0. The normalized spacial score (nSPS) is 25.2. The maximum absolute atomic E-state index is 13.8. The molecule has 3 aliphatic rings. The molecule has 4 rings (SSSR count). The summed E-state index contributed by atoms with van der Waals surface area (Å²) in [6.07, 6.45) is 2.47. The molecular formula is C28H41NO10. The van der Waals surface area contributed by atoms with Crippen LogP contribution in [0.5, 0.6) is 11.5 Å². The first kappa shape index (κ1) is 29.6.